The average molecular weight is 503 g/mol. The van der Waals surface area contributed by atoms with E-state index in [0.29, 0.717) is 0 Å². The van der Waals surface area contributed by atoms with E-state index in [-0.39, 0.29) is 6.71 Å². The molecule has 2 nitrogen and oxygen atoms in total. The maximum Gasteiger partial charge on any atom is 0.203 e. The Hall–Kier alpha value is -3.98. The summed E-state index contributed by atoms with van der Waals surface area (Å²) in [6, 6.07) is 16.9. The van der Waals surface area contributed by atoms with Crippen LogP contribution in [0.15, 0.2) is 145 Å². The second kappa shape index (κ2) is 14.7. The van der Waals surface area contributed by atoms with Gasteiger partial charge in [0.2, 0.25) is 6.71 Å². The van der Waals surface area contributed by atoms with Crippen LogP contribution < -0.4 is 15.3 Å². The molecule has 2 aromatic rings. The summed E-state index contributed by atoms with van der Waals surface area (Å²) in [6.07, 6.45) is 15.2. The van der Waals surface area contributed by atoms with Gasteiger partial charge in [0.1, 0.15) is 0 Å². The summed E-state index contributed by atoms with van der Waals surface area (Å²) in [4.78, 5) is 4.23. The minimum absolute atomic E-state index is 0.289. The molecular weight excluding hydrogens is 459 g/mol. The van der Waals surface area contributed by atoms with E-state index in [1.807, 2.05) is 38.3 Å². The zero-order valence-corrected chi connectivity index (χ0v) is 24.2. The molecule has 0 unspecified atom stereocenters. The molecule has 0 radical (unpaired) electrons. The highest BCUT2D eigenvalue weighted by Gasteiger charge is 2.18. The first-order valence-electron chi connectivity index (χ1n) is 13.2. The van der Waals surface area contributed by atoms with Crippen LogP contribution in [0.4, 0.5) is 11.4 Å². The van der Waals surface area contributed by atoms with E-state index in [9.17, 15) is 0 Å². The molecule has 0 N–H and O–H groups in total. The van der Waals surface area contributed by atoms with Crippen LogP contribution in [-0.2, 0) is 6.42 Å². The SMILES string of the molecule is C=C(C=CC(=C)N(C)c1ccccc1CC)C(=C)C=CC(=C)N(C)c1ccccc1B(C)C(C)=CC=CC. The highest BCUT2D eigenvalue weighted by atomic mass is 15.1. The van der Waals surface area contributed by atoms with Crippen molar-refractivity contribution in [1.82, 2.24) is 0 Å². The van der Waals surface area contributed by atoms with Gasteiger partial charge in [-0.25, -0.2) is 0 Å². The Bertz CT molecular complexity index is 1290. The Labute approximate surface area is 232 Å². The normalized spacial score (nSPS) is 11.8. The highest BCUT2D eigenvalue weighted by molar-refractivity contribution is 6.79. The molecule has 0 amide bonds. The Morgan fingerprint density at radius 1 is 0.789 bits per heavy atom. The van der Waals surface area contributed by atoms with E-state index in [1.165, 1.54) is 16.5 Å². The summed E-state index contributed by atoms with van der Waals surface area (Å²) in [7, 11) is 4.09. The Balaban J connectivity index is 2.09. The molecule has 0 atom stereocenters. The third-order valence-electron chi connectivity index (χ3n) is 6.96. The second-order valence-electron chi connectivity index (χ2n) is 9.52. The number of likely N-dealkylation sites (N-methyl/N-ethyl adjacent to an activating group) is 2. The lowest BCUT2D eigenvalue weighted by molar-refractivity contribution is 1.07. The van der Waals surface area contributed by atoms with E-state index in [0.717, 1.165) is 40.3 Å². The van der Waals surface area contributed by atoms with Crippen molar-refractivity contribution in [3.63, 3.8) is 0 Å². The van der Waals surface area contributed by atoms with Crippen LogP contribution in [-0.4, -0.2) is 20.8 Å². The fraction of sp³-hybridized carbons (Fsp3) is 0.200. The predicted octanol–water partition coefficient (Wildman–Crippen LogP) is 8.47. The maximum atomic E-state index is 4.31. The quantitative estimate of drug-likeness (QED) is 0.200. The van der Waals surface area contributed by atoms with Gasteiger partial charge in [-0.3, -0.25) is 0 Å². The van der Waals surface area contributed by atoms with Crippen molar-refractivity contribution in [3.8, 4) is 0 Å². The largest absolute Gasteiger partial charge is 0.346 e. The molecule has 0 aliphatic rings. The molecule has 0 aromatic heterocycles. The smallest absolute Gasteiger partial charge is 0.203 e. The molecule has 0 saturated heterocycles. The van der Waals surface area contributed by atoms with Crippen molar-refractivity contribution in [3.05, 3.63) is 151 Å². The molecule has 196 valence electrons. The standard InChI is InChI=1S/C35H43BN2/c1-11-13-18-29(5)36(8)33-20-15-17-22-35(33)38(10)31(7)26-24-28(4)27(3)23-25-30(6)37(9)34-21-16-14-19-32(34)12-2/h11,13-26H,3-4,6-7,12H2,1-2,5,8-10H3. The number of aryl methyl sites for hydroxylation is 1. The number of para-hydroxylation sites is 2. The van der Waals surface area contributed by atoms with Crippen LogP contribution in [0.3, 0.4) is 0 Å². The molecule has 3 heteroatoms. The number of hydrogen-bond donors (Lipinski definition) is 0. The van der Waals surface area contributed by atoms with Crippen molar-refractivity contribution in [2.45, 2.75) is 34.0 Å². The molecular formula is C35H43BN2. The number of hydrogen-bond acceptors (Lipinski definition) is 2. The van der Waals surface area contributed by atoms with Gasteiger partial charge in [-0.05, 0) is 54.3 Å². The van der Waals surface area contributed by atoms with Crippen LogP contribution in [0, 0.1) is 0 Å². The van der Waals surface area contributed by atoms with Crippen molar-refractivity contribution < 1.29 is 0 Å². The first-order chi connectivity index (χ1) is 18.1. The van der Waals surface area contributed by atoms with Crippen molar-refractivity contribution in [2.75, 3.05) is 23.9 Å². The van der Waals surface area contributed by atoms with Crippen molar-refractivity contribution >= 4 is 23.6 Å². The molecule has 0 heterocycles. The van der Waals surface area contributed by atoms with Gasteiger partial charge in [0.15, 0.2) is 0 Å². The summed E-state index contributed by atoms with van der Waals surface area (Å²) >= 11 is 0. The van der Waals surface area contributed by atoms with Gasteiger partial charge in [-0.15, -0.1) is 0 Å². The van der Waals surface area contributed by atoms with Crippen LogP contribution in [0.2, 0.25) is 6.82 Å². The Kier molecular flexibility index (Phi) is 11.7. The van der Waals surface area contributed by atoms with Gasteiger partial charge in [0.05, 0.1) is 0 Å². The topological polar surface area (TPSA) is 6.48 Å². The fourth-order valence-corrected chi connectivity index (χ4v) is 4.07. The molecule has 0 aliphatic heterocycles. The number of benzene rings is 2. The van der Waals surface area contributed by atoms with E-state index < -0.39 is 0 Å². The van der Waals surface area contributed by atoms with Gasteiger partial charge in [0.25, 0.3) is 0 Å². The number of allylic oxidation sites excluding steroid dienone is 10. The molecule has 0 aliphatic carbocycles. The van der Waals surface area contributed by atoms with Crippen molar-refractivity contribution in [1.29, 1.82) is 0 Å². The van der Waals surface area contributed by atoms with Gasteiger partial charge >= 0.3 is 0 Å². The minimum atomic E-state index is 0.289. The van der Waals surface area contributed by atoms with E-state index in [4.69, 9.17) is 0 Å². The van der Waals surface area contributed by atoms with Gasteiger partial charge in [-0.2, -0.15) is 0 Å². The minimum Gasteiger partial charge on any atom is -0.346 e. The molecule has 0 saturated carbocycles. The van der Waals surface area contributed by atoms with Gasteiger partial charge < -0.3 is 9.80 Å². The van der Waals surface area contributed by atoms with E-state index in [1.54, 1.807) is 0 Å². The van der Waals surface area contributed by atoms with Gasteiger partial charge in [0, 0.05) is 36.9 Å². The third kappa shape index (κ3) is 8.01. The number of rotatable bonds is 13. The highest BCUT2D eigenvalue weighted by Crippen LogP contribution is 2.24. The zero-order valence-electron chi connectivity index (χ0n) is 24.2. The summed E-state index contributed by atoms with van der Waals surface area (Å²) in [5, 5.41) is 0. The lowest BCUT2D eigenvalue weighted by Crippen LogP contribution is -2.33. The first-order valence-corrected chi connectivity index (χ1v) is 13.2. The van der Waals surface area contributed by atoms with Gasteiger partial charge in [-0.1, -0.05) is 125 Å². The third-order valence-corrected chi connectivity index (χ3v) is 6.96. The van der Waals surface area contributed by atoms with Crippen LogP contribution in [0.5, 0.6) is 0 Å². The maximum absolute atomic E-state index is 4.31. The summed E-state index contributed by atoms with van der Waals surface area (Å²) in [6.45, 7) is 25.9. The Morgan fingerprint density at radius 3 is 1.84 bits per heavy atom. The van der Waals surface area contributed by atoms with E-state index >= 15 is 0 Å². The molecule has 2 rings (SSSR count). The fourth-order valence-electron chi connectivity index (χ4n) is 4.07. The van der Waals surface area contributed by atoms with Crippen LogP contribution >= 0.6 is 0 Å². The number of nitrogens with zero attached hydrogens (tertiary/aromatic N) is 2. The predicted molar refractivity (Wildman–Crippen MR) is 174 cm³/mol. The average Bonchev–Trinajstić information content (AvgIpc) is 2.95. The number of anilines is 2. The summed E-state index contributed by atoms with van der Waals surface area (Å²) in [5.41, 5.74) is 9.58. The lowest BCUT2D eigenvalue weighted by Gasteiger charge is -2.25. The van der Waals surface area contributed by atoms with Crippen LogP contribution in [0.1, 0.15) is 26.3 Å². The molecule has 38 heavy (non-hydrogen) atoms. The lowest BCUT2D eigenvalue weighted by atomic mass is 9.42. The van der Waals surface area contributed by atoms with Crippen molar-refractivity contribution in [2.24, 2.45) is 0 Å². The zero-order chi connectivity index (χ0) is 28.2. The van der Waals surface area contributed by atoms with Crippen LogP contribution in [0.25, 0.3) is 0 Å². The molecule has 0 spiro atoms. The molecule has 0 bridgehead atoms. The summed E-state index contributed by atoms with van der Waals surface area (Å²) in [5.74, 6) is 0. The monoisotopic (exact) mass is 502 g/mol. The van der Waals surface area contributed by atoms with E-state index in [2.05, 4.69) is 131 Å². The Morgan fingerprint density at radius 2 is 1.29 bits per heavy atom. The first kappa shape index (κ1) is 30.3. The molecule has 0 fully saturated rings. The second-order valence-corrected chi connectivity index (χ2v) is 9.52. The molecule has 2 aromatic carbocycles. The summed E-state index contributed by atoms with van der Waals surface area (Å²) < 4.78 is 0.